The normalized spacial score (nSPS) is 21.3. The van der Waals surface area contributed by atoms with Gasteiger partial charge < -0.3 is 5.73 Å². The van der Waals surface area contributed by atoms with Gasteiger partial charge in [-0.2, -0.15) is 4.31 Å². The Hall–Kier alpha value is -0.980. The number of nitrogens with zero attached hydrogens (tertiary/aromatic N) is 2. The van der Waals surface area contributed by atoms with E-state index in [0.717, 1.165) is 12.8 Å². The minimum Gasteiger partial charge on any atom is -0.325 e. The maximum Gasteiger partial charge on any atom is 0.244 e. The minimum atomic E-state index is -3.38. The summed E-state index contributed by atoms with van der Waals surface area (Å²) in [5.41, 5.74) is 6.14. The Kier molecular flexibility index (Phi) is 3.99. The van der Waals surface area contributed by atoms with Crippen LogP contribution in [0.15, 0.2) is 23.2 Å². The second kappa shape index (κ2) is 5.34. The van der Waals surface area contributed by atoms with E-state index >= 15 is 0 Å². The van der Waals surface area contributed by atoms with Gasteiger partial charge >= 0.3 is 0 Å². The molecule has 1 fully saturated rings. The number of hydrogen-bond acceptors (Lipinski definition) is 4. The highest BCUT2D eigenvalue weighted by atomic mass is 32.2. The molecule has 1 aromatic heterocycles. The standard InChI is InChI=1S/C12H19N3O2S/c1-2-10-5-6-15(9-10)18(16,17)12-4-3-11(7-13)14-8-12/h3-4,8,10H,2,5-7,9,13H2,1H3. The molecule has 100 valence electrons. The van der Waals surface area contributed by atoms with Crippen molar-refractivity contribution in [1.29, 1.82) is 0 Å². The Morgan fingerprint density at radius 1 is 1.50 bits per heavy atom. The summed E-state index contributed by atoms with van der Waals surface area (Å²) in [4.78, 5) is 4.30. The van der Waals surface area contributed by atoms with Crippen molar-refractivity contribution in [3.05, 3.63) is 24.0 Å². The average molecular weight is 269 g/mol. The van der Waals surface area contributed by atoms with E-state index in [9.17, 15) is 8.42 Å². The maximum atomic E-state index is 12.4. The number of nitrogens with two attached hydrogens (primary N) is 1. The van der Waals surface area contributed by atoms with Gasteiger partial charge in [-0.15, -0.1) is 0 Å². The Morgan fingerprint density at radius 3 is 2.78 bits per heavy atom. The third-order valence-electron chi connectivity index (χ3n) is 3.47. The summed E-state index contributed by atoms with van der Waals surface area (Å²) in [6.07, 6.45) is 3.37. The highest BCUT2D eigenvalue weighted by Crippen LogP contribution is 2.25. The lowest BCUT2D eigenvalue weighted by molar-refractivity contribution is 0.452. The van der Waals surface area contributed by atoms with Gasteiger partial charge in [0, 0.05) is 25.8 Å². The molecule has 0 aliphatic carbocycles. The molecule has 1 aliphatic rings. The smallest absolute Gasteiger partial charge is 0.244 e. The molecule has 1 atom stereocenters. The van der Waals surface area contributed by atoms with Crippen LogP contribution in [-0.2, 0) is 16.6 Å². The number of sulfonamides is 1. The van der Waals surface area contributed by atoms with Gasteiger partial charge in [0.2, 0.25) is 10.0 Å². The van der Waals surface area contributed by atoms with Crippen LogP contribution in [0, 0.1) is 5.92 Å². The van der Waals surface area contributed by atoms with Gasteiger partial charge in [0.05, 0.1) is 5.69 Å². The molecular weight excluding hydrogens is 250 g/mol. The van der Waals surface area contributed by atoms with E-state index in [0.29, 0.717) is 31.2 Å². The highest BCUT2D eigenvalue weighted by molar-refractivity contribution is 7.89. The molecule has 0 bridgehead atoms. The summed E-state index contributed by atoms with van der Waals surface area (Å²) >= 11 is 0. The van der Waals surface area contributed by atoms with Crippen molar-refractivity contribution >= 4 is 10.0 Å². The first kappa shape index (κ1) is 13.5. The third kappa shape index (κ3) is 2.55. The highest BCUT2D eigenvalue weighted by Gasteiger charge is 2.31. The van der Waals surface area contributed by atoms with E-state index < -0.39 is 10.0 Å². The summed E-state index contributed by atoms with van der Waals surface area (Å²) in [7, 11) is -3.38. The fraction of sp³-hybridized carbons (Fsp3) is 0.583. The quantitative estimate of drug-likeness (QED) is 0.883. The molecule has 1 saturated heterocycles. The molecule has 1 unspecified atom stereocenters. The Labute approximate surface area is 108 Å². The number of aromatic nitrogens is 1. The number of hydrogen-bond donors (Lipinski definition) is 1. The molecule has 6 heteroatoms. The van der Waals surface area contributed by atoms with Crippen LogP contribution in [0.4, 0.5) is 0 Å². The predicted octanol–water partition coefficient (Wildman–Crippen LogP) is 0.961. The van der Waals surface area contributed by atoms with Crippen LogP contribution in [0.25, 0.3) is 0 Å². The van der Waals surface area contributed by atoms with E-state index in [1.165, 1.54) is 6.20 Å². The third-order valence-corrected chi connectivity index (χ3v) is 5.32. The topological polar surface area (TPSA) is 76.3 Å². The molecule has 5 nitrogen and oxygen atoms in total. The van der Waals surface area contributed by atoms with Crippen LogP contribution < -0.4 is 5.73 Å². The van der Waals surface area contributed by atoms with Crippen LogP contribution in [0.2, 0.25) is 0 Å². The van der Waals surface area contributed by atoms with Gasteiger partial charge in [-0.3, -0.25) is 4.98 Å². The van der Waals surface area contributed by atoms with Crippen LogP contribution in [-0.4, -0.2) is 30.8 Å². The van der Waals surface area contributed by atoms with Crippen LogP contribution in [0.3, 0.4) is 0 Å². The van der Waals surface area contributed by atoms with E-state index in [1.54, 1.807) is 16.4 Å². The summed E-state index contributed by atoms with van der Waals surface area (Å²) in [5, 5.41) is 0. The Bertz CT molecular complexity index is 499. The average Bonchev–Trinajstić information content (AvgIpc) is 2.88. The lowest BCUT2D eigenvalue weighted by Crippen LogP contribution is -2.29. The summed E-state index contributed by atoms with van der Waals surface area (Å²) in [5.74, 6) is 0.482. The summed E-state index contributed by atoms with van der Waals surface area (Å²) in [6, 6.07) is 3.25. The lowest BCUT2D eigenvalue weighted by atomic mass is 10.1. The molecule has 1 aliphatic heterocycles. The van der Waals surface area contributed by atoms with Crippen molar-refractivity contribution in [3.63, 3.8) is 0 Å². The Morgan fingerprint density at radius 2 is 2.28 bits per heavy atom. The maximum absolute atomic E-state index is 12.4. The van der Waals surface area contributed by atoms with E-state index in [-0.39, 0.29) is 4.90 Å². The van der Waals surface area contributed by atoms with E-state index in [4.69, 9.17) is 5.73 Å². The Balaban J connectivity index is 2.20. The van der Waals surface area contributed by atoms with Crippen molar-refractivity contribution in [1.82, 2.24) is 9.29 Å². The van der Waals surface area contributed by atoms with Gasteiger partial charge in [-0.1, -0.05) is 13.3 Å². The molecular formula is C12H19N3O2S. The van der Waals surface area contributed by atoms with Crippen molar-refractivity contribution in [3.8, 4) is 0 Å². The first-order valence-electron chi connectivity index (χ1n) is 6.23. The second-order valence-corrected chi connectivity index (χ2v) is 6.55. The van der Waals surface area contributed by atoms with Gasteiger partial charge in [-0.25, -0.2) is 8.42 Å². The van der Waals surface area contributed by atoms with Crippen LogP contribution in [0.1, 0.15) is 25.5 Å². The van der Waals surface area contributed by atoms with Crippen molar-refractivity contribution < 1.29 is 8.42 Å². The number of pyridine rings is 1. The molecule has 2 N–H and O–H groups in total. The summed E-state index contributed by atoms with van der Waals surface area (Å²) < 4.78 is 26.3. The van der Waals surface area contributed by atoms with Gasteiger partial charge in [0.15, 0.2) is 0 Å². The zero-order valence-corrected chi connectivity index (χ0v) is 11.4. The monoisotopic (exact) mass is 269 g/mol. The molecule has 0 saturated carbocycles. The van der Waals surface area contributed by atoms with Crippen LogP contribution >= 0.6 is 0 Å². The van der Waals surface area contributed by atoms with E-state index in [2.05, 4.69) is 11.9 Å². The van der Waals surface area contributed by atoms with Crippen molar-refractivity contribution in [2.75, 3.05) is 13.1 Å². The zero-order valence-electron chi connectivity index (χ0n) is 10.5. The summed E-state index contributed by atoms with van der Waals surface area (Å²) in [6.45, 7) is 3.65. The van der Waals surface area contributed by atoms with Gasteiger partial charge in [0.25, 0.3) is 0 Å². The molecule has 2 rings (SSSR count). The first-order chi connectivity index (χ1) is 8.57. The number of rotatable bonds is 4. The molecule has 0 radical (unpaired) electrons. The molecule has 1 aromatic rings. The second-order valence-electron chi connectivity index (χ2n) is 4.62. The molecule has 2 heterocycles. The van der Waals surface area contributed by atoms with Crippen molar-refractivity contribution in [2.24, 2.45) is 11.7 Å². The molecule has 18 heavy (non-hydrogen) atoms. The fourth-order valence-corrected chi connectivity index (χ4v) is 3.66. The zero-order chi connectivity index (χ0) is 13.2. The molecule has 0 aromatic carbocycles. The lowest BCUT2D eigenvalue weighted by Gasteiger charge is -2.16. The largest absolute Gasteiger partial charge is 0.325 e. The first-order valence-corrected chi connectivity index (χ1v) is 7.67. The fourth-order valence-electron chi connectivity index (χ4n) is 2.18. The van der Waals surface area contributed by atoms with Gasteiger partial charge in [-0.05, 0) is 24.5 Å². The van der Waals surface area contributed by atoms with E-state index in [1.807, 2.05) is 0 Å². The minimum absolute atomic E-state index is 0.261. The van der Waals surface area contributed by atoms with Crippen LogP contribution in [0.5, 0.6) is 0 Å². The molecule has 0 spiro atoms. The van der Waals surface area contributed by atoms with Crippen molar-refractivity contribution in [2.45, 2.75) is 31.2 Å². The van der Waals surface area contributed by atoms with Gasteiger partial charge in [0.1, 0.15) is 4.90 Å². The SMILES string of the molecule is CCC1CCN(S(=O)(=O)c2ccc(CN)nc2)C1. The predicted molar refractivity (Wildman–Crippen MR) is 69.3 cm³/mol. The molecule has 0 amide bonds.